The third-order valence-corrected chi connectivity index (χ3v) is 10.6. The average molecular weight is 621 g/mol. The van der Waals surface area contributed by atoms with Gasteiger partial charge in [0.1, 0.15) is 11.2 Å². The predicted molar refractivity (Wildman–Crippen MR) is 209 cm³/mol. The standard InChI is InChI=1S/C48H28O/c1-3-12-30(13-4-1)43-36-17-9-10-18-37(36)44(31-14-5-2-6-15-31)48-40-25-26-41-46-38(23-24-39(45(40)46)47(43)48)35-22-21-34(28-42(35)49-41)33-20-19-29-11-7-8-16-32(29)27-33/h1-28H. The molecule has 10 aromatic carbocycles. The highest BCUT2D eigenvalue weighted by Crippen LogP contribution is 2.53. The number of rotatable bonds is 3. The van der Waals surface area contributed by atoms with Gasteiger partial charge in [0.15, 0.2) is 0 Å². The molecule has 0 radical (unpaired) electrons. The minimum absolute atomic E-state index is 0.900. The molecular formula is C48H28O. The SMILES string of the molecule is c1ccc(-c2c3ccccc3c(-c3ccccc3)c3c4ccc5c6ccc(-c7ccc8ccccc8c7)cc6oc6ccc(c23)c4c65)cc1. The molecule has 49 heavy (non-hydrogen) atoms. The van der Waals surface area contributed by atoms with Gasteiger partial charge in [0.2, 0.25) is 0 Å². The van der Waals surface area contributed by atoms with Gasteiger partial charge in [0.05, 0.1) is 0 Å². The van der Waals surface area contributed by atoms with Crippen LogP contribution in [0.4, 0.5) is 0 Å². The summed E-state index contributed by atoms with van der Waals surface area (Å²) in [5.74, 6) is 0. The van der Waals surface area contributed by atoms with Crippen molar-refractivity contribution >= 4 is 75.8 Å². The van der Waals surface area contributed by atoms with Gasteiger partial charge in [-0.3, -0.25) is 0 Å². The van der Waals surface area contributed by atoms with Crippen LogP contribution in [0, 0.1) is 0 Å². The Morgan fingerprint density at radius 1 is 0.265 bits per heavy atom. The molecule has 11 aromatic rings. The second kappa shape index (κ2) is 10.0. The summed E-state index contributed by atoms with van der Waals surface area (Å²) >= 11 is 0. The van der Waals surface area contributed by atoms with E-state index in [-0.39, 0.29) is 0 Å². The summed E-state index contributed by atoms with van der Waals surface area (Å²) in [5, 5.41) is 15.0. The minimum atomic E-state index is 0.900. The Morgan fingerprint density at radius 3 is 1.49 bits per heavy atom. The van der Waals surface area contributed by atoms with Crippen molar-refractivity contribution in [1.82, 2.24) is 0 Å². The van der Waals surface area contributed by atoms with Crippen molar-refractivity contribution in [2.75, 3.05) is 0 Å². The van der Waals surface area contributed by atoms with Gasteiger partial charge in [-0.1, -0.05) is 140 Å². The molecule has 0 saturated carbocycles. The van der Waals surface area contributed by atoms with E-state index in [1.54, 1.807) is 0 Å². The lowest BCUT2D eigenvalue weighted by molar-refractivity contribution is 0.662. The Morgan fingerprint density at radius 2 is 0.796 bits per heavy atom. The lowest BCUT2D eigenvalue weighted by Crippen LogP contribution is -1.89. The number of fused-ring (bicyclic) bond motifs is 7. The number of benzene rings is 9. The first kappa shape index (κ1) is 26.6. The molecule has 1 heteroatoms. The van der Waals surface area contributed by atoms with Gasteiger partial charge >= 0.3 is 0 Å². The third kappa shape index (κ3) is 3.76. The number of hydrogen-bond donors (Lipinski definition) is 0. The van der Waals surface area contributed by atoms with Crippen molar-refractivity contribution in [2.24, 2.45) is 0 Å². The summed E-state index contributed by atoms with van der Waals surface area (Å²) in [6, 6.07) is 61.8. The van der Waals surface area contributed by atoms with E-state index in [0.29, 0.717) is 0 Å². The van der Waals surface area contributed by atoms with Crippen LogP contribution in [0.15, 0.2) is 174 Å². The Balaban J connectivity index is 1.27. The van der Waals surface area contributed by atoms with Gasteiger partial charge in [0.25, 0.3) is 0 Å². The van der Waals surface area contributed by atoms with Crippen LogP contribution in [0.25, 0.3) is 109 Å². The molecule has 226 valence electrons. The van der Waals surface area contributed by atoms with Crippen molar-refractivity contribution in [3.05, 3.63) is 170 Å². The molecule has 0 spiro atoms. The van der Waals surface area contributed by atoms with Crippen LogP contribution in [0.5, 0.6) is 0 Å². The van der Waals surface area contributed by atoms with Crippen LogP contribution in [0.3, 0.4) is 0 Å². The first-order chi connectivity index (χ1) is 24.3. The molecular weight excluding hydrogens is 593 g/mol. The van der Waals surface area contributed by atoms with E-state index in [0.717, 1.165) is 22.1 Å². The largest absolute Gasteiger partial charge is 0.456 e. The van der Waals surface area contributed by atoms with Crippen LogP contribution >= 0.6 is 0 Å². The van der Waals surface area contributed by atoms with E-state index in [4.69, 9.17) is 4.42 Å². The summed E-state index contributed by atoms with van der Waals surface area (Å²) in [6.07, 6.45) is 0. The first-order valence-electron chi connectivity index (χ1n) is 16.9. The zero-order valence-electron chi connectivity index (χ0n) is 26.6. The van der Waals surface area contributed by atoms with Crippen molar-refractivity contribution in [1.29, 1.82) is 0 Å². The Bertz CT molecular complexity index is 2980. The molecule has 0 N–H and O–H groups in total. The van der Waals surface area contributed by atoms with Crippen LogP contribution in [-0.2, 0) is 0 Å². The average Bonchev–Trinajstić information content (AvgIpc) is 3.50. The van der Waals surface area contributed by atoms with Gasteiger partial charge < -0.3 is 4.42 Å². The zero-order valence-corrected chi connectivity index (χ0v) is 26.6. The number of hydrogen-bond acceptors (Lipinski definition) is 1. The van der Waals surface area contributed by atoms with Gasteiger partial charge in [0, 0.05) is 16.2 Å². The van der Waals surface area contributed by atoms with Gasteiger partial charge in [-0.2, -0.15) is 0 Å². The molecule has 0 bridgehead atoms. The minimum Gasteiger partial charge on any atom is -0.456 e. The molecule has 0 atom stereocenters. The Kier molecular flexibility index (Phi) is 5.45. The van der Waals surface area contributed by atoms with E-state index in [1.807, 2.05) is 0 Å². The lowest BCUT2D eigenvalue weighted by Gasteiger charge is -2.16. The van der Waals surface area contributed by atoms with E-state index in [9.17, 15) is 0 Å². The van der Waals surface area contributed by atoms with Gasteiger partial charge in [-0.25, -0.2) is 0 Å². The highest BCUT2D eigenvalue weighted by atomic mass is 16.3. The van der Waals surface area contributed by atoms with E-state index in [1.165, 1.54) is 87.1 Å². The molecule has 0 aliphatic heterocycles. The molecule has 11 rings (SSSR count). The van der Waals surface area contributed by atoms with Crippen LogP contribution in [0.2, 0.25) is 0 Å². The summed E-state index contributed by atoms with van der Waals surface area (Å²) in [5.41, 5.74) is 9.20. The van der Waals surface area contributed by atoms with Crippen LogP contribution in [0.1, 0.15) is 0 Å². The van der Waals surface area contributed by atoms with Crippen molar-refractivity contribution in [3.8, 4) is 33.4 Å². The second-order valence-electron chi connectivity index (χ2n) is 13.2. The quantitative estimate of drug-likeness (QED) is 0.141. The molecule has 0 aliphatic carbocycles. The maximum atomic E-state index is 6.84. The fourth-order valence-corrected chi connectivity index (χ4v) is 8.47. The molecule has 0 fully saturated rings. The van der Waals surface area contributed by atoms with E-state index < -0.39 is 0 Å². The van der Waals surface area contributed by atoms with Crippen molar-refractivity contribution < 1.29 is 4.42 Å². The van der Waals surface area contributed by atoms with Crippen LogP contribution in [-0.4, -0.2) is 0 Å². The molecule has 1 heterocycles. The molecule has 1 nitrogen and oxygen atoms in total. The third-order valence-electron chi connectivity index (χ3n) is 10.6. The summed E-state index contributed by atoms with van der Waals surface area (Å²) in [6.45, 7) is 0. The van der Waals surface area contributed by atoms with E-state index in [2.05, 4.69) is 170 Å². The maximum Gasteiger partial charge on any atom is 0.135 e. The second-order valence-corrected chi connectivity index (χ2v) is 13.2. The molecule has 0 aliphatic rings. The highest BCUT2D eigenvalue weighted by molar-refractivity contribution is 6.43. The highest BCUT2D eigenvalue weighted by Gasteiger charge is 2.25. The fraction of sp³-hybridized carbons (Fsp3) is 0. The van der Waals surface area contributed by atoms with Gasteiger partial charge in [-0.05, 0) is 112 Å². The smallest absolute Gasteiger partial charge is 0.135 e. The Hall–Kier alpha value is -6.44. The maximum absolute atomic E-state index is 6.84. The normalized spacial score (nSPS) is 12.1. The zero-order chi connectivity index (χ0) is 32.1. The first-order valence-corrected chi connectivity index (χ1v) is 16.9. The molecule has 1 aromatic heterocycles. The van der Waals surface area contributed by atoms with Crippen molar-refractivity contribution in [2.45, 2.75) is 0 Å². The molecule has 0 unspecified atom stereocenters. The summed E-state index contributed by atoms with van der Waals surface area (Å²) in [4.78, 5) is 0. The summed E-state index contributed by atoms with van der Waals surface area (Å²) < 4.78 is 6.84. The summed E-state index contributed by atoms with van der Waals surface area (Å²) in [7, 11) is 0. The topological polar surface area (TPSA) is 13.1 Å². The van der Waals surface area contributed by atoms with Crippen LogP contribution < -0.4 is 0 Å². The molecule has 0 amide bonds. The van der Waals surface area contributed by atoms with Gasteiger partial charge in [-0.15, -0.1) is 0 Å². The van der Waals surface area contributed by atoms with E-state index >= 15 is 0 Å². The monoisotopic (exact) mass is 620 g/mol. The van der Waals surface area contributed by atoms with Crippen molar-refractivity contribution in [3.63, 3.8) is 0 Å². The Labute approximate surface area is 282 Å². The molecule has 0 saturated heterocycles. The predicted octanol–water partition coefficient (Wildman–Crippen LogP) is 13.8. The fourth-order valence-electron chi connectivity index (χ4n) is 8.47. The lowest BCUT2D eigenvalue weighted by atomic mass is 9.86.